The molecule has 2 aromatic carbocycles. The maximum atomic E-state index is 10.9. The smallest absolute Gasteiger partial charge is 0.315 e. The Morgan fingerprint density at radius 3 is 2.42 bits per heavy atom. The van der Waals surface area contributed by atoms with E-state index in [0.717, 1.165) is 16.9 Å². The predicted molar refractivity (Wildman–Crippen MR) is 77.9 cm³/mol. The van der Waals surface area contributed by atoms with Crippen molar-refractivity contribution in [3.63, 3.8) is 0 Å². The topological polar surface area (TPSA) is 168 Å². The molecule has 0 saturated carbocycles. The number of rotatable bonds is 3. The van der Waals surface area contributed by atoms with Crippen molar-refractivity contribution in [2.45, 2.75) is 0 Å². The molecule has 4 N–H and O–H groups in total. The lowest BCUT2D eigenvalue weighted by Gasteiger charge is -2.02. The monoisotopic (exact) mass is 331 g/mol. The summed E-state index contributed by atoms with van der Waals surface area (Å²) in [6.07, 6.45) is 0. The van der Waals surface area contributed by atoms with Crippen LogP contribution in [0.15, 0.2) is 30.3 Å². The van der Waals surface area contributed by atoms with Crippen molar-refractivity contribution in [3.8, 4) is 40.1 Å². The first-order valence-electron chi connectivity index (χ1n) is 6.40. The SMILES string of the molecule is O=[N+]([O-])c1cc(-c2nnn(-c3ccc(O)c(O)c3)n2)cc(O)c1O. The summed E-state index contributed by atoms with van der Waals surface area (Å²) in [5.41, 5.74) is -0.364. The molecule has 1 heterocycles. The molecule has 0 fully saturated rings. The lowest BCUT2D eigenvalue weighted by Crippen LogP contribution is -1.98. The number of aromatic hydroxyl groups is 4. The summed E-state index contributed by atoms with van der Waals surface area (Å²) in [4.78, 5) is 11.0. The first-order valence-corrected chi connectivity index (χ1v) is 6.40. The summed E-state index contributed by atoms with van der Waals surface area (Å²) in [6.45, 7) is 0. The van der Waals surface area contributed by atoms with Gasteiger partial charge in [0.2, 0.25) is 11.6 Å². The van der Waals surface area contributed by atoms with E-state index in [4.69, 9.17) is 0 Å². The molecule has 1 aromatic heterocycles. The molecule has 0 bridgehead atoms. The molecule has 24 heavy (non-hydrogen) atoms. The zero-order valence-corrected chi connectivity index (χ0v) is 11.7. The third-order valence-corrected chi connectivity index (χ3v) is 3.13. The first-order chi connectivity index (χ1) is 11.4. The Morgan fingerprint density at radius 1 is 1.00 bits per heavy atom. The van der Waals surface area contributed by atoms with Gasteiger partial charge in [0.25, 0.3) is 0 Å². The molecule has 0 aliphatic heterocycles. The van der Waals surface area contributed by atoms with E-state index in [1.165, 1.54) is 18.2 Å². The van der Waals surface area contributed by atoms with E-state index in [1.807, 2.05) is 0 Å². The van der Waals surface area contributed by atoms with Gasteiger partial charge in [0.05, 0.1) is 10.6 Å². The molecule has 0 atom stereocenters. The van der Waals surface area contributed by atoms with Crippen molar-refractivity contribution >= 4 is 5.69 Å². The molecule has 0 aliphatic carbocycles. The Kier molecular flexibility index (Phi) is 3.37. The number of hydrogen-bond donors (Lipinski definition) is 4. The fourth-order valence-electron chi connectivity index (χ4n) is 1.95. The summed E-state index contributed by atoms with van der Waals surface area (Å²) in [6, 6.07) is 5.88. The number of nitro groups is 1. The fraction of sp³-hybridized carbons (Fsp3) is 0. The minimum Gasteiger partial charge on any atom is -0.504 e. The first kappa shape index (κ1) is 15.0. The molecule has 122 valence electrons. The largest absolute Gasteiger partial charge is 0.504 e. The Morgan fingerprint density at radius 2 is 1.75 bits per heavy atom. The molecule has 0 aliphatic rings. The number of phenols is 4. The Hall–Kier alpha value is -3.89. The maximum Gasteiger partial charge on any atom is 0.315 e. The van der Waals surface area contributed by atoms with Crippen molar-refractivity contribution in [1.29, 1.82) is 0 Å². The van der Waals surface area contributed by atoms with Crippen LogP contribution in [0.1, 0.15) is 0 Å². The van der Waals surface area contributed by atoms with Gasteiger partial charge in [-0.1, -0.05) is 0 Å². The highest BCUT2D eigenvalue weighted by Gasteiger charge is 2.21. The molecule has 11 nitrogen and oxygen atoms in total. The summed E-state index contributed by atoms with van der Waals surface area (Å²) in [7, 11) is 0. The van der Waals surface area contributed by atoms with Crippen LogP contribution in [0.3, 0.4) is 0 Å². The highest BCUT2D eigenvalue weighted by molar-refractivity contribution is 5.68. The van der Waals surface area contributed by atoms with Crippen LogP contribution in [-0.2, 0) is 0 Å². The summed E-state index contributed by atoms with van der Waals surface area (Å²) in [5, 5.41) is 60.1. The van der Waals surface area contributed by atoms with Crippen molar-refractivity contribution in [3.05, 3.63) is 40.4 Å². The fourth-order valence-corrected chi connectivity index (χ4v) is 1.95. The van der Waals surface area contributed by atoms with E-state index < -0.39 is 22.1 Å². The number of nitro benzene ring substituents is 1. The molecule has 0 spiro atoms. The standard InChI is InChI=1S/C13H9N5O6/c19-9-2-1-7(5-10(9)20)17-15-13(14-16-17)6-3-8(18(23)24)12(22)11(21)4-6/h1-5,19-22H. The number of phenolic OH excluding ortho intramolecular Hbond substituents is 4. The summed E-state index contributed by atoms with van der Waals surface area (Å²) in [5.74, 6) is -2.32. The van der Waals surface area contributed by atoms with Gasteiger partial charge in [-0.3, -0.25) is 10.1 Å². The lowest BCUT2D eigenvalue weighted by atomic mass is 10.1. The zero-order valence-electron chi connectivity index (χ0n) is 11.7. The second kappa shape index (κ2) is 5.39. The molecule has 0 saturated heterocycles. The average Bonchev–Trinajstić information content (AvgIpc) is 3.02. The number of hydrogen-bond acceptors (Lipinski definition) is 9. The van der Waals surface area contributed by atoms with Crippen LogP contribution >= 0.6 is 0 Å². The molecular weight excluding hydrogens is 322 g/mol. The quantitative estimate of drug-likeness (QED) is 0.311. The van der Waals surface area contributed by atoms with Crippen LogP contribution in [-0.4, -0.2) is 45.6 Å². The van der Waals surface area contributed by atoms with Crippen molar-refractivity contribution in [2.75, 3.05) is 0 Å². The third-order valence-electron chi connectivity index (χ3n) is 3.13. The lowest BCUT2D eigenvalue weighted by molar-refractivity contribution is -0.385. The van der Waals surface area contributed by atoms with E-state index in [2.05, 4.69) is 15.4 Å². The van der Waals surface area contributed by atoms with Gasteiger partial charge >= 0.3 is 5.69 Å². The van der Waals surface area contributed by atoms with Crippen LogP contribution < -0.4 is 0 Å². The Balaban J connectivity index is 2.05. The van der Waals surface area contributed by atoms with E-state index in [1.54, 1.807) is 0 Å². The number of tetrazole rings is 1. The van der Waals surface area contributed by atoms with Gasteiger partial charge in [-0.05, 0) is 23.4 Å². The molecule has 0 radical (unpaired) electrons. The molecule has 11 heteroatoms. The normalized spacial score (nSPS) is 10.7. The second-order valence-electron chi connectivity index (χ2n) is 4.70. The second-order valence-corrected chi connectivity index (χ2v) is 4.70. The van der Waals surface area contributed by atoms with Gasteiger partial charge in [0.15, 0.2) is 17.2 Å². The Labute approximate surface area is 132 Å². The number of benzene rings is 2. The van der Waals surface area contributed by atoms with E-state index in [0.29, 0.717) is 0 Å². The van der Waals surface area contributed by atoms with Gasteiger partial charge in [0.1, 0.15) is 0 Å². The summed E-state index contributed by atoms with van der Waals surface area (Å²) < 4.78 is 0. The molecule has 0 amide bonds. The number of aromatic nitrogens is 4. The maximum absolute atomic E-state index is 10.9. The molecular formula is C13H9N5O6. The Bertz CT molecular complexity index is 954. The van der Waals surface area contributed by atoms with Crippen molar-refractivity contribution in [2.24, 2.45) is 0 Å². The molecule has 3 rings (SSSR count). The van der Waals surface area contributed by atoms with Crippen LogP contribution in [0, 0.1) is 10.1 Å². The van der Waals surface area contributed by atoms with Crippen molar-refractivity contribution < 1.29 is 25.3 Å². The summed E-state index contributed by atoms with van der Waals surface area (Å²) >= 11 is 0. The van der Waals surface area contributed by atoms with Crippen LogP contribution in [0.2, 0.25) is 0 Å². The highest BCUT2D eigenvalue weighted by Crippen LogP contribution is 2.38. The number of nitrogens with zero attached hydrogens (tertiary/aromatic N) is 5. The average molecular weight is 331 g/mol. The molecule has 3 aromatic rings. The van der Waals surface area contributed by atoms with Gasteiger partial charge in [-0.2, -0.15) is 0 Å². The van der Waals surface area contributed by atoms with Crippen LogP contribution in [0.25, 0.3) is 17.1 Å². The predicted octanol–water partition coefficient (Wildman–Crippen LogP) is 1.06. The van der Waals surface area contributed by atoms with Crippen LogP contribution in [0.4, 0.5) is 5.69 Å². The highest BCUT2D eigenvalue weighted by atomic mass is 16.6. The van der Waals surface area contributed by atoms with E-state index in [-0.39, 0.29) is 28.6 Å². The van der Waals surface area contributed by atoms with Gasteiger partial charge in [-0.25, -0.2) is 0 Å². The minimum absolute atomic E-state index is 0.0547. The molecule has 0 unspecified atom stereocenters. The van der Waals surface area contributed by atoms with Crippen LogP contribution in [0.5, 0.6) is 23.0 Å². The zero-order chi connectivity index (χ0) is 17.4. The van der Waals surface area contributed by atoms with Gasteiger partial charge in [0, 0.05) is 17.7 Å². The third kappa shape index (κ3) is 2.49. The minimum atomic E-state index is -0.861. The van der Waals surface area contributed by atoms with Crippen molar-refractivity contribution in [1.82, 2.24) is 20.2 Å². The van der Waals surface area contributed by atoms with Gasteiger partial charge in [-0.15, -0.1) is 15.0 Å². The van der Waals surface area contributed by atoms with Gasteiger partial charge < -0.3 is 20.4 Å². The van der Waals surface area contributed by atoms with E-state index in [9.17, 15) is 30.5 Å². The van der Waals surface area contributed by atoms with E-state index >= 15 is 0 Å².